The molecule has 0 aromatic carbocycles. The van der Waals surface area contributed by atoms with Gasteiger partial charge in [0, 0.05) is 19.5 Å². The number of hydrogen-bond acceptors (Lipinski definition) is 3. The fourth-order valence-electron chi connectivity index (χ4n) is 3.78. The zero-order chi connectivity index (χ0) is 13.2. The molecular formula is C15H26N4. The molecule has 2 heterocycles. The molecule has 1 aromatic rings. The van der Waals surface area contributed by atoms with E-state index in [1.165, 1.54) is 38.5 Å². The number of aromatic nitrogens is 3. The highest BCUT2D eigenvalue weighted by Gasteiger charge is 2.33. The minimum Gasteiger partial charge on any atom is -0.304 e. The molecule has 2 fully saturated rings. The molecule has 3 unspecified atom stereocenters. The van der Waals surface area contributed by atoms with E-state index in [0.29, 0.717) is 6.04 Å². The molecule has 0 radical (unpaired) electrons. The van der Waals surface area contributed by atoms with Gasteiger partial charge in [0.25, 0.3) is 0 Å². The van der Waals surface area contributed by atoms with Crippen molar-refractivity contribution in [1.29, 1.82) is 0 Å². The van der Waals surface area contributed by atoms with Gasteiger partial charge in [0.15, 0.2) is 5.82 Å². The summed E-state index contributed by atoms with van der Waals surface area (Å²) in [5.74, 6) is 3.06. The summed E-state index contributed by atoms with van der Waals surface area (Å²) in [6.07, 6.45) is 10.3. The van der Waals surface area contributed by atoms with Crippen LogP contribution < -0.4 is 5.32 Å². The Bertz CT molecular complexity index is 426. The maximum Gasteiger partial charge on any atom is 0.151 e. The third-order valence-corrected chi connectivity index (χ3v) is 4.78. The lowest BCUT2D eigenvalue weighted by atomic mass is 9.77. The van der Waals surface area contributed by atoms with Crippen molar-refractivity contribution in [3.05, 3.63) is 11.6 Å². The van der Waals surface area contributed by atoms with Gasteiger partial charge >= 0.3 is 0 Å². The van der Waals surface area contributed by atoms with Crippen LogP contribution in [0.5, 0.6) is 0 Å². The van der Waals surface area contributed by atoms with Gasteiger partial charge in [-0.15, -0.1) is 0 Å². The molecule has 1 N–H and O–H groups in total. The maximum absolute atomic E-state index is 4.75. The van der Waals surface area contributed by atoms with E-state index >= 15 is 0 Å². The van der Waals surface area contributed by atoms with Gasteiger partial charge in [-0.25, -0.2) is 4.98 Å². The largest absolute Gasteiger partial charge is 0.304 e. The van der Waals surface area contributed by atoms with Gasteiger partial charge in [-0.05, 0) is 38.0 Å². The van der Waals surface area contributed by atoms with Crippen LogP contribution in [0.25, 0.3) is 0 Å². The van der Waals surface area contributed by atoms with Crippen molar-refractivity contribution in [2.24, 2.45) is 13.0 Å². The number of aryl methyl sites for hydroxylation is 2. The SMILES string of the molecule is CCCc1nc(C2CCC3CCCCC3N2)n(C)n1. The van der Waals surface area contributed by atoms with Gasteiger partial charge < -0.3 is 5.32 Å². The molecule has 4 nitrogen and oxygen atoms in total. The molecule has 1 aromatic heterocycles. The zero-order valence-corrected chi connectivity index (χ0v) is 12.2. The Hall–Kier alpha value is -0.900. The average molecular weight is 262 g/mol. The van der Waals surface area contributed by atoms with E-state index < -0.39 is 0 Å². The van der Waals surface area contributed by atoms with Crippen molar-refractivity contribution >= 4 is 0 Å². The molecule has 1 saturated heterocycles. The highest BCUT2D eigenvalue weighted by atomic mass is 15.3. The molecule has 2 aliphatic rings. The van der Waals surface area contributed by atoms with Crippen molar-refractivity contribution in [2.75, 3.05) is 0 Å². The molecular weight excluding hydrogens is 236 g/mol. The van der Waals surface area contributed by atoms with Crippen molar-refractivity contribution in [3.8, 4) is 0 Å². The number of piperidine rings is 1. The molecule has 1 saturated carbocycles. The number of fused-ring (bicyclic) bond motifs is 1. The summed E-state index contributed by atoms with van der Waals surface area (Å²) in [6, 6.07) is 1.14. The van der Waals surface area contributed by atoms with Crippen molar-refractivity contribution < 1.29 is 0 Å². The second kappa shape index (κ2) is 5.61. The summed E-state index contributed by atoms with van der Waals surface area (Å²) < 4.78 is 1.99. The van der Waals surface area contributed by atoms with Crippen LogP contribution in [0.2, 0.25) is 0 Å². The van der Waals surface area contributed by atoms with E-state index in [4.69, 9.17) is 4.98 Å². The van der Waals surface area contributed by atoms with E-state index in [0.717, 1.165) is 36.5 Å². The van der Waals surface area contributed by atoms with Crippen LogP contribution in [-0.4, -0.2) is 20.8 Å². The van der Waals surface area contributed by atoms with Gasteiger partial charge in [-0.2, -0.15) is 5.10 Å². The first-order chi connectivity index (χ1) is 9.28. The Morgan fingerprint density at radius 3 is 2.89 bits per heavy atom. The normalized spacial score (nSPS) is 31.2. The van der Waals surface area contributed by atoms with Gasteiger partial charge in [0.1, 0.15) is 5.82 Å². The summed E-state index contributed by atoms with van der Waals surface area (Å²) >= 11 is 0. The summed E-state index contributed by atoms with van der Waals surface area (Å²) in [5, 5.41) is 8.39. The van der Waals surface area contributed by atoms with Crippen LogP contribution in [-0.2, 0) is 13.5 Å². The highest BCUT2D eigenvalue weighted by Crippen LogP contribution is 2.36. The van der Waals surface area contributed by atoms with Crippen molar-refractivity contribution in [3.63, 3.8) is 0 Å². The van der Waals surface area contributed by atoms with Gasteiger partial charge in [0.2, 0.25) is 0 Å². The Morgan fingerprint density at radius 1 is 1.21 bits per heavy atom. The summed E-state index contributed by atoms with van der Waals surface area (Å²) in [5.41, 5.74) is 0. The first-order valence-electron chi connectivity index (χ1n) is 7.93. The molecule has 3 atom stereocenters. The predicted octanol–water partition coefficient (Wildman–Crippen LogP) is 2.75. The summed E-state index contributed by atoms with van der Waals surface area (Å²) in [6.45, 7) is 2.18. The van der Waals surface area contributed by atoms with E-state index in [2.05, 4.69) is 17.3 Å². The topological polar surface area (TPSA) is 42.7 Å². The molecule has 0 amide bonds. The molecule has 3 rings (SSSR count). The average Bonchev–Trinajstić information content (AvgIpc) is 2.79. The van der Waals surface area contributed by atoms with Crippen LogP contribution in [0.4, 0.5) is 0 Å². The van der Waals surface area contributed by atoms with Gasteiger partial charge in [-0.1, -0.05) is 19.8 Å². The second-order valence-electron chi connectivity index (χ2n) is 6.21. The fraction of sp³-hybridized carbons (Fsp3) is 0.867. The minimum atomic E-state index is 0.419. The fourth-order valence-corrected chi connectivity index (χ4v) is 3.78. The quantitative estimate of drug-likeness (QED) is 0.911. The second-order valence-corrected chi connectivity index (χ2v) is 6.21. The first-order valence-corrected chi connectivity index (χ1v) is 7.93. The lowest BCUT2D eigenvalue weighted by Gasteiger charge is -2.40. The maximum atomic E-state index is 4.75. The smallest absolute Gasteiger partial charge is 0.151 e. The third-order valence-electron chi connectivity index (χ3n) is 4.78. The van der Waals surface area contributed by atoms with Crippen LogP contribution in [0.1, 0.15) is 69.6 Å². The predicted molar refractivity (Wildman–Crippen MR) is 75.9 cm³/mol. The lowest BCUT2D eigenvalue weighted by molar-refractivity contribution is 0.171. The van der Waals surface area contributed by atoms with Crippen LogP contribution in [0.3, 0.4) is 0 Å². The van der Waals surface area contributed by atoms with Gasteiger partial charge in [-0.3, -0.25) is 4.68 Å². The number of hydrogen-bond donors (Lipinski definition) is 1. The van der Waals surface area contributed by atoms with E-state index in [1.807, 2.05) is 11.7 Å². The van der Waals surface area contributed by atoms with Crippen molar-refractivity contribution in [2.45, 2.75) is 70.4 Å². The minimum absolute atomic E-state index is 0.419. The van der Waals surface area contributed by atoms with Crippen molar-refractivity contribution in [1.82, 2.24) is 20.1 Å². The number of nitrogens with zero attached hydrogens (tertiary/aromatic N) is 3. The molecule has 19 heavy (non-hydrogen) atoms. The summed E-state index contributed by atoms with van der Waals surface area (Å²) in [4.78, 5) is 4.75. The lowest BCUT2D eigenvalue weighted by Crippen LogP contribution is -2.45. The molecule has 106 valence electrons. The van der Waals surface area contributed by atoms with E-state index in [-0.39, 0.29) is 0 Å². The number of nitrogens with one attached hydrogen (secondary N) is 1. The summed E-state index contributed by atoms with van der Waals surface area (Å²) in [7, 11) is 2.04. The molecule has 0 spiro atoms. The molecule has 4 heteroatoms. The first kappa shape index (κ1) is 13.1. The molecule has 1 aliphatic carbocycles. The van der Waals surface area contributed by atoms with E-state index in [9.17, 15) is 0 Å². The Balaban J connectivity index is 1.72. The Kier molecular flexibility index (Phi) is 3.87. The third kappa shape index (κ3) is 2.69. The van der Waals surface area contributed by atoms with E-state index in [1.54, 1.807) is 0 Å². The Morgan fingerprint density at radius 2 is 2.05 bits per heavy atom. The van der Waals surface area contributed by atoms with Gasteiger partial charge in [0.05, 0.1) is 6.04 Å². The molecule has 1 aliphatic heterocycles. The highest BCUT2D eigenvalue weighted by molar-refractivity contribution is 5.03. The molecule has 0 bridgehead atoms. The van der Waals surface area contributed by atoms with Crippen LogP contribution in [0.15, 0.2) is 0 Å². The van der Waals surface area contributed by atoms with Crippen LogP contribution in [0, 0.1) is 5.92 Å². The monoisotopic (exact) mass is 262 g/mol. The standard InChI is InChI=1S/C15H26N4/c1-3-6-14-17-15(19(2)18-14)13-10-9-11-7-4-5-8-12(11)16-13/h11-13,16H,3-10H2,1-2H3. The Labute approximate surface area is 116 Å². The number of rotatable bonds is 3. The zero-order valence-electron chi connectivity index (χ0n) is 12.2. The van der Waals surface area contributed by atoms with Crippen LogP contribution >= 0.6 is 0 Å².